The number of hydrogen-bond acceptors (Lipinski definition) is 5. The fraction of sp³-hybridized carbons (Fsp3) is 0.526. The molecule has 3 amide bonds. The van der Waals surface area contributed by atoms with Crippen molar-refractivity contribution < 1.29 is 14.0 Å². The van der Waals surface area contributed by atoms with Gasteiger partial charge >= 0.3 is 6.03 Å². The molecule has 1 spiro atoms. The molecule has 0 saturated carbocycles. The molecule has 150 valence electrons. The van der Waals surface area contributed by atoms with Crippen molar-refractivity contribution in [2.75, 3.05) is 42.5 Å². The van der Waals surface area contributed by atoms with Crippen LogP contribution in [0.4, 0.5) is 20.7 Å². The third-order valence-electron chi connectivity index (χ3n) is 5.60. The second-order valence-electron chi connectivity index (χ2n) is 7.48. The first-order chi connectivity index (χ1) is 13.5. The first kappa shape index (κ1) is 18.7. The van der Waals surface area contributed by atoms with Crippen LogP contribution in [0.3, 0.4) is 0 Å². The van der Waals surface area contributed by atoms with Gasteiger partial charge in [-0.25, -0.2) is 9.18 Å². The maximum absolute atomic E-state index is 14.8. The van der Waals surface area contributed by atoms with Gasteiger partial charge in [-0.1, -0.05) is 13.8 Å². The molecule has 9 heteroatoms. The number of fused-ring (bicyclic) bond motifs is 1. The predicted octanol–water partition coefficient (Wildman–Crippen LogP) is 1.59. The Bertz CT molecular complexity index is 944. The summed E-state index contributed by atoms with van der Waals surface area (Å²) < 4.78 is 16.5. The zero-order chi connectivity index (χ0) is 20.1. The minimum Gasteiger partial charge on any atom is -0.368 e. The van der Waals surface area contributed by atoms with Gasteiger partial charge in [0.05, 0.1) is 11.2 Å². The monoisotopic (exact) mass is 388 g/mol. The summed E-state index contributed by atoms with van der Waals surface area (Å²) in [5.74, 6) is -0.249. The third kappa shape index (κ3) is 2.81. The largest absolute Gasteiger partial charge is 0.368 e. The molecule has 1 aromatic carbocycles. The number of urea groups is 1. The zero-order valence-corrected chi connectivity index (χ0v) is 16.4. The van der Waals surface area contributed by atoms with E-state index in [0.717, 1.165) is 31.7 Å². The molecule has 28 heavy (non-hydrogen) atoms. The van der Waals surface area contributed by atoms with Gasteiger partial charge in [-0.05, 0) is 12.1 Å². The number of carbonyl (C=O) groups excluding carboxylic acids is 2. The van der Waals surface area contributed by atoms with Gasteiger partial charge in [0.1, 0.15) is 5.82 Å². The number of rotatable bonds is 2. The number of benzene rings is 1. The number of nitrogens with zero attached hydrogens (tertiary/aromatic N) is 4. The molecule has 8 nitrogen and oxygen atoms in total. The van der Waals surface area contributed by atoms with Crippen molar-refractivity contribution in [3.05, 3.63) is 17.9 Å². The lowest BCUT2D eigenvalue weighted by molar-refractivity contribution is -0.120. The molecule has 0 radical (unpaired) electrons. The lowest BCUT2D eigenvalue weighted by Crippen LogP contribution is -2.71. The van der Waals surface area contributed by atoms with Crippen molar-refractivity contribution in [1.82, 2.24) is 20.4 Å². The van der Waals surface area contributed by atoms with E-state index < -0.39 is 6.03 Å². The first-order valence-corrected chi connectivity index (χ1v) is 9.69. The highest BCUT2D eigenvalue weighted by molar-refractivity contribution is 6.09. The van der Waals surface area contributed by atoms with E-state index in [-0.39, 0.29) is 24.7 Å². The van der Waals surface area contributed by atoms with Crippen molar-refractivity contribution in [2.24, 2.45) is 12.5 Å². The molecule has 3 aliphatic heterocycles. The highest BCUT2D eigenvalue weighted by Gasteiger charge is 2.48. The summed E-state index contributed by atoms with van der Waals surface area (Å²) in [6, 6.07) is 2.72. The maximum atomic E-state index is 14.8. The average molecular weight is 388 g/mol. The molecule has 1 aromatic heterocycles. The fourth-order valence-electron chi connectivity index (χ4n) is 4.09. The van der Waals surface area contributed by atoms with Crippen molar-refractivity contribution in [3.63, 3.8) is 0 Å². The van der Waals surface area contributed by atoms with Crippen LogP contribution in [-0.4, -0.2) is 54.4 Å². The highest BCUT2D eigenvalue weighted by Crippen LogP contribution is 2.40. The Morgan fingerprint density at radius 2 is 1.89 bits per heavy atom. The SMILES string of the molecule is CC.Cn1nc(N2CCC(=O)NC2=O)c2cc(F)c(N3CC4(CNC4)C3)cc21. The molecule has 0 aliphatic carbocycles. The average Bonchev–Trinajstić information content (AvgIpc) is 2.90. The number of hydrogen-bond donors (Lipinski definition) is 2. The van der Waals surface area contributed by atoms with E-state index in [9.17, 15) is 14.0 Å². The second-order valence-corrected chi connectivity index (χ2v) is 7.48. The summed E-state index contributed by atoms with van der Waals surface area (Å²) in [4.78, 5) is 26.9. The molecule has 3 saturated heterocycles. The lowest BCUT2D eigenvalue weighted by atomic mass is 9.74. The molecule has 0 unspecified atom stereocenters. The Hall–Kier alpha value is -2.68. The van der Waals surface area contributed by atoms with E-state index in [0.29, 0.717) is 22.3 Å². The zero-order valence-electron chi connectivity index (χ0n) is 16.4. The minimum atomic E-state index is -0.520. The molecule has 5 rings (SSSR count). The van der Waals surface area contributed by atoms with Gasteiger partial charge in [0, 0.05) is 57.0 Å². The van der Waals surface area contributed by atoms with Crippen LogP contribution in [0.15, 0.2) is 12.1 Å². The summed E-state index contributed by atoms with van der Waals surface area (Å²) in [7, 11) is 1.77. The maximum Gasteiger partial charge on any atom is 0.329 e. The van der Waals surface area contributed by atoms with E-state index in [1.807, 2.05) is 13.8 Å². The normalized spacial score (nSPS) is 20.4. The summed E-state index contributed by atoms with van der Waals surface area (Å²) in [6.45, 7) is 7.92. The Labute approximate surface area is 162 Å². The van der Waals surface area contributed by atoms with E-state index >= 15 is 0 Å². The van der Waals surface area contributed by atoms with Crippen molar-refractivity contribution >= 4 is 34.3 Å². The van der Waals surface area contributed by atoms with E-state index in [4.69, 9.17) is 0 Å². The lowest BCUT2D eigenvalue weighted by Gasteiger charge is -2.57. The van der Waals surface area contributed by atoms with Crippen LogP contribution in [0, 0.1) is 11.2 Å². The molecule has 3 fully saturated rings. The molecular formula is C19H25FN6O2. The van der Waals surface area contributed by atoms with Crippen molar-refractivity contribution in [1.29, 1.82) is 0 Å². The van der Waals surface area contributed by atoms with Gasteiger partial charge in [0.15, 0.2) is 5.82 Å². The quantitative estimate of drug-likeness (QED) is 0.817. The van der Waals surface area contributed by atoms with Crippen LogP contribution < -0.4 is 20.4 Å². The Kier molecular flexibility index (Phi) is 4.49. The van der Waals surface area contributed by atoms with Crippen molar-refractivity contribution in [3.8, 4) is 0 Å². The molecule has 2 N–H and O–H groups in total. The second kappa shape index (κ2) is 6.73. The van der Waals surface area contributed by atoms with Gasteiger partial charge in [-0.3, -0.25) is 19.7 Å². The molecule has 0 atom stereocenters. The van der Waals surface area contributed by atoms with Crippen LogP contribution in [0.1, 0.15) is 20.3 Å². The Balaban J connectivity index is 0.000000932. The van der Waals surface area contributed by atoms with Gasteiger partial charge < -0.3 is 10.2 Å². The van der Waals surface area contributed by atoms with Gasteiger partial charge in [0.25, 0.3) is 0 Å². The molecule has 2 aromatic rings. The number of imide groups is 1. The first-order valence-electron chi connectivity index (χ1n) is 9.69. The van der Waals surface area contributed by atoms with Crippen LogP contribution in [0.25, 0.3) is 10.9 Å². The van der Waals surface area contributed by atoms with Gasteiger partial charge in [-0.2, -0.15) is 5.10 Å². The molecule has 3 aliphatic rings. The highest BCUT2D eigenvalue weighted by atomic mass is 19.1. The molecule has 0 bridgehead atoms. The smallest absolute Gasteiger partial charge is 0.329 e. The Morgan fingerprint density at radius 1 is 1.18 bits per heavy atom. The number of halogens is 1. The number of carbonyl (C=O) groups is 2. The summed E-state index contributed by atoms with van der Waals surface area (Å²) in [5, 5.41) is 10.5. The van der Waals surface area contributed by atoms with Crippen LogP contribution in [0.5, 0.6) is 0 Å². The fourth-order valence-corrected chi connectivity index (χ4v) is 4.09. The van der Waals surface area contributed by atoms with Crippen molar-refractivity contribution in [2.45, 2.75) is 20.3 Å². The number of nitrogens with one attached hydrogen (secondary N) is 2. The molecular weight excluding hydrogens is 363 g/mol. The van der Waals surface area contributed by atoms with E-state index in [2.05, 4.69) is 20.6 Å². The summed E-state index contributed by atoms with van der Waals surface area (Å²) in [5.41, 5.74) is 1.63. The standard InChI is InChI=1S/C17H19FN6O2.C2H6/c1-22-12-5-13(23-8-17(9-23)6-19-7-17)11(18)4-10(12)15(21-22)24-3-2-14(25)20-16(24)26;1-2/h4-5,19H,2-3,6-9H2,1H3,(H,20,25,26);1-2H3. The number of aromatic nitrogens is 2. The van der Waals surface area contributed by atoms with Gasteiger partial charge in [0.2, 0.25) is 5.91 Å². The number of aryl methyl sites for hydroxylation is 1. The third-order valence-corrected chi connectivity index (χ3v) is 5.60. The van der Waals surface area contributed by atoms with Gasteiger partial charge in [-0.15, -0.1) is 0 Å². The van der Waals surface area contributed by atoms with Crippen LogP contribution in [0.2, 0.25) is 0 Å². The molecule has 4 heterocycles. The summed E-state index contributed by atoms with van der Waals surface area (Å²) >= 11 is 0. The Morgan fingerprint density at radius 3 is 2.50 bits per heavy atom. The summed E-state index contributed by atoms with van der Waals surface area (Å²) in [6.07, 6.45) is 0.203. The van der Waals surface area contributed by atoms with E-state index in [1.54, 1.807) is 17.8 Å². The minimum absolute atomic E-state index is 0.203. The van der Waals surface area contributed by atoms with Crippen LogP contribution in [-0.2, 0) is 11.8 Å². The number of amides is 3. The van der Waals surface area contributed by atoms with Crippen LogP contribution >= 0.6 is 0 Å². The van der Waals surface area contributed by atoms with E-state index in [1.165, 1.54) is 11.0 Å². The predicted molar refractivity (Wildman–Crippen MR) is 105 cm³/mol. The number of anilines is 2. The topological polar surface area (TPSA) is 82.5 Å².